The molecule has 17 heavy (non-hydrogen) atoms. The summed E-state index contributed by atoms with van der Waals surface area (Å²) in [4.78, 5) is 23.3. The first-order valence-corrected chi connectivity index (χ1v) is 5.20. The number of halogens is 1. The molecule has 0 aromatic heterocycles. The molecule has 4 nitrogen and oxygen atoms in total. The Morgan fingerprint density at radius 1 is 1.35 bits per heavy atom. The number of carboxylic acid groups (broad SMARTS) is 1. The summed E-state index contributed by atoms with van der Waals surface area (Å²) in [5, 5.41) is 8.48. The highest BCUT2D eigenvalue weighted by atomic mass is 19.1. The molecular weight excluding hydrogens is 225 g/mol. The number of amides is 1. The van der Waals surface area contributed by atoms with Gasteiger partial charge in [0.05, 0.1) is 12.8 Å². The molecule has 1 aromatic rings. The van der Waals surface area contributed by atoms with Gasteiger partial charge in [0.25, 0.3) is 0 Å². The summed E-state index contributed by atoms with van der Waals surface area (Å²) in [7, 11) is 1.51. The van der Waals surface area contributed by atoms with Crippen LogP contribution in [0.4, 0.5) is 4.39 Å². The Labute approximate surface area is 98.7 Å². The molecule has 0 atom stereocenters. The van der Waals surface area contributed by atoms with Crippen molar-refractivity contribution < 1.29 is 19.1 Å². The van der Waals surface area contributed by atoms with E-state index in [-0.39, 0.29) is 25.3 Å². The van der Waals surface area contributed by atoms with E-state index in [4.69, 9.17) is 5.11 Å². The molecule has 0 saturated heterocycles. The number of rotatable bonds is 5. The van der Waals surface area contributed by atoms with Gasteiger partial charge < -0.3 is 10.0 Å². The fourth-order valence-corrected chi connectivity index (χ4v) is 1.33. The smallest absolute Gasteiger partial charge is 0.305 e. The van der Waals surface area contributed by atoms with Crippen molar-refractivity contribution in [2.24, 2.45) is 0 Å². The van der Waals surface area contributed by atoms with E-state index in [1.807, 2.05) is 0 Å². The average Bonchev–Trinajstić information content (AvgIpc) is 2.28. The number of hydrogen-bond donors (Lipinski definition) is 1. The van der Waals surface area contributed by atoms with E-state index >= 15 is 0 Å². The Bertz CT molecular complexity index is 420. The topological polar surface area (TPSA) is 57.6 Å². The Balaban J connectivity index is 2.54. The van der Waals surface area contributed by atoms with Crippen molar-refractivity contribution in [1.29, 1.82) is 0 Å². The van der Waals surface area contributed by atoms with Crippen molar-refractivity contribution in [3.8, 4) is 0 Å². The van der Waals surface area contributed by atoms with Crippen LogP contribution in [0.2, 0.25) is 0 Å². The Morgan fingerprint density at radius 2 is 2.00 bits per heavy atom. The number of likely N-dealkylation sites (N-methyl/N-ethyl adjacent to an activating group) is 1. The molecule has 92 valence electrons. The molecule has 0 unspecified atom stereocenters. The van der Waals surface area contributed by atoms with Gasteiger partial charge in [0, 0.05) is 13.6 Å². The van der Waals surface area contributed by atoms with Gasteiger partial charge in [-0.3, -0.25) is 9.59 Å². The summed E-state index contributed by atoms with van der Waals surface area (Å²) >= 11 is 0. The van der Waals surface area contributed by atoms with Crippen LogP contribution in [0.3, 0.4) is 0 Å². The monoisotopic (exact) mass is 239 g/mol. The van der Waals surface area contributed by atoms with E-state index < -0.39 is 11.8 Å². The first kappa shape index (κ1) is 13.2. The minimum atomic E-state index is -0.962. The molecule has 0 heterocycles. The van der Waals surface area contributed by atoms with Crippen LogP contribution >= 0.6 is 0 Å². The van der Waals surface area contributed by atoms with Crippen LogP contribution in [0.25, 0.3) is 0 Å². The predicted molar refractivity (Wildman–Crippen MR) is 60.0 cm³/mol. The van der Waals surface area contributed by atoms with Gasteiger partial charge in [0.1, 0.15) is 5.82 Å². The molecule has 0 radical (unpaired) electrons. The number of carboxylic acids is 1. The van der Waals surface area contributed by atoms with Crippen molar-refractivity contribution >= 4 is 11.9 Å². The van der Waals surface area contributed by atoms with E-state index in [0.29, 0.717) is 5.56 Å². The van der Waals surface area contributed by atoms with E-state index in [1.165, 1.54) is 24.1 Å². The SMILES string of the molecule is CN(CCC(=O)O)C(=O)Cc1ccccc1F. The molecule has 1 N–H and O–H groups in total. The molecule has 1 rings (SSSR count). The first-order chi connectivity index (χ1) is 8.00. The third-order valence-electron chi connectivity index (χ3n) is 2.39. The standard InChI is InChI=1S/C12H14FNO3/c1-14(7-6-12(16)17)11(15)8-9-4-2-3-5-10(9)13/h2-5H,6-8H2,1H3,(H,16,17). The van der Waals surface area contributed by atoms with Gasteiger partial charge in [0.15, 0.2) is 0 Å². The molecule has 0 bridgehead atoms. The van der Waals surface area contributed by atoms with Gasteiger partial charge in [0.2, 0.25) is 5.91 Å². The molecule has 0 aliphatic rings. The van der Waals surface area contributed by atoms with Crippen LogP contribution in [0.1, 0.15) is 12.0 Å². The molecule has 5 heteroatoms. The van der Waals surface area contributed by atoms with Crippen LogP contribution in [0, 0.1) is 5.82 Å². The zero-order valence-corrected chi connectivity index (χ0v) is 9.52. The fourth-order valence-electron chi connectivity index (χ4n) is 1.33. The zero-order valence-electron chi connectivity index (χ0n) is 9.52. The van der Waals surface area contributed by atoms with Crippen molar-refractivity contribution in [2.45, 2.75) is 12.8 Å². The van der Waals surface area contributed by atoms with E-state index in [9.17, 15) is 14.0 Å². The lowest BCUT2D eigenvalue weighted by Crippen LogP contribution is -2.30. The molecule has 0 spiro atoms. The van der Waals surface area contributed by atoms with Crippen LogP contribution in [-0.2, 0) is 16.0 Å². The average molecular weight is 239 g/mol. The van der Waals surface area contributed by atoms with Gasteiger partial charge in [-0.2, -0.15) is 0 Å². The van der Waals surface area contributed by atoms with Crippen molar-refractivity contribution in [1.82, 2.24) is 4.90 Å². The van der Waals surface area contributed by atoms with Crippen molar-refractivity contribution in [3.63, 3.8) is 0 Å². The minimum Gasteiger partial charge on any atom is -0.481 e. The Hall–Kier alpha value is -1.91. The van der Waals surface area contributed by atoms with Gasteiger partial charge >= 0.3 is 5.97 Å². The maximum absolute atomic E-state index is 13.3. The van der Waals surface area contributed by atoms with Gasteiger partial charge in [-0.15, -0.1) is 0 Å². The Kier molecular flexibility index (Phi) is 4.63. The fraction of sp³-hybridized carbons (Fsp3) is 0.333. The largest absolute Gasteiger partial charge is 0.481 e. The van der Waals surface area contributed by atoms with E-state index in [2.05, 4.69) is 0 Å². The summed E-state index contributed by atoms with van der Waals surface area (Å²) in [5.41, 5.74) is 0.319. The quantitative estimate of drug-likeness (QED) is 0.842. The van der Waals surface area contributed by atoms with Gasteiger partial charge in [-0.25, -0.2) is 4.39 Å². The van der Waals surface area contributed by atoms with Gasteiger partial charge in [-0.1, -0.05) is 18.2 Å². The second-order valence-electron chi connectivity index (χ2n) is 3.73. The summed E-state index contributed by atoms with van der Waals surface area (Å²) in [5.74, 6) is -1.68. The molecule has 0 aliphatic heterocycles. The lowest BCUT2D eigenvalue weighted by atomic mass is 10.1. The van der Waals surface area contributed by atoms with Crippen LogP contribution in [0.5, 0.6) is 0 Å². The van der Waals surface area contributed by atoms with Crippen molar-refractivity contribution in [3.05, 3.63) is 35.6 Å². The van der Waals surface area contributed by atoms with E-state index in [0.717, 1.165) is 0 Å². The lowest BCUT2D eigenvalue weighted by Gasteiger charge is -2.16. The zero-order chi connectivity index (χ0) is 12.8. The molecule has 1 aromatic carbocycles. The summed E-state index contributed by atoms with van der Waals surface area (Å²) in [6.45, 7) is 0.128. The predicted octanol–water partition coefficient (Wildman–Crippen LogP) is 1.30. The second kappa shape index (κ2) is 5.98. The number of benzene rings is 1. The normalized spacial score (nSPS) is 10.0. The maximum atomic E-state index is 13.3. The highest BCUT2D eigenvalue weighted by molar-refractivity contribution is 5.79. The Morgan fingerprint density at radius 3 is 2.59 bits per heavy atom. The van der Waals surface area contributed by atoms with Gasteiger partial charge in [-0.05, 0) is 11.6 Å². The van der Waals surface area contributed by atoms with Crippen LogP contribution in [-0.4, -0.2) is 35.5 Å². The maximum Gasteiger partial charge on any atom is 0.305 e. The molecule has 0 saturated carbocycles. The highest BCUT2D eigenvalue weighted by Crippen LogP contribution is 2.08. The second-order valence-corrected chi connectivity index (χ2v) is 3.73. The highest BCUT2D eigenvalue weighted by Gasteiger charge is 2.12. The number of carbonyl (C=O) groups excluding carboxylic acids is 1. The summed E-state index contributed by atoms with van der Waals surface area (Å²) in [6, 6.07) is 6.04. The number of nitrogens with zero attached hydrogens (tertiary/aromatic N) is 1. The van der Waals surface area contributed by atoms with Crippen LogP contribution in [0.15, 0.2) is 24.3 Å². The third-order valence-corrected chi connectivity index (χ3v) is 2.39. The first-order valence-electron chi connectivity index (χ1n) is 5.20. The minimum absolute atomic E-state index is 0.0528. The molecule has 0 aliphatic carbocycles. The molecular formula is C12H14FNO3. The summed E-state index contributed by atoms with van der Waals surface area (Å²) < 4.78 is 13.3. The van der Waals surface area contributed by atoms with Crippen molar-refractivity contribution in [2.75, 3.05) is 13.6 Å². The third kappa shape index (κ3) is 4.22. The number of hydrogen-bond acceptors (Lipinski definition) is 2. The number of aliphatic carboxylic acids is 1. The van der Waals surface area contributed by atoms with E-state index in [1.54, 1.807) is 12.1 Å². The summed E-state index contributed by atoms with van der Waals surface area (Å²) in [6.07, 6.45) is -0.164. The molecule has 1 amide bonds. The lowest BCUT2D eigenvalue weighted by molar-refractivity contribution is -0.138. The number of carbonyl (C=O) groups is 2. The van der Waals surface area contributed by atoms with Crippen LogP contribution < -0.4 is 0 Å². The molecule has 0 fully saturated rings.